The lowest BCUT2D eigenvalue weighted by Gasteiger charge is -2.10. The van der Waals surface area contributed by atoms with Gasteiger partial charge in [0, 0.05) is 11.6 Å². The zero-order valence-corrected chi connectivity index (χ0v) is 9.73. The lowest BCUT2D eigenvalue weighted by atomic mass is 10.2. The fourth-order valence-corrected chi connectivity index (χ4v) is 1.46. The van der Waals surface area contributed by atoms with Crippen molar-refractivity contribution >= 4 is 5.82 Å². The highest BCUT2D eigenvalue weighted by atomic mass is 19.1. The van der Waals surface area contributed by atoms with Gasteiger partial charge in [0.2, 0.25) is 0 Å². The van der Waals surface area contributed by atoms with E-state index in [4.69, 9.17) is 15.7 Å². The Labute approximate surface area is 107 Å². The lowest BCUT2D eigenvalue weighted by Crippen LogP contribution is -2.11. The van der Waals surface area contributed by atoms with Crippen molar-refractivity contribution in [3.8, 4) is 11.6 Å². The summed E-state index contributed by atoms with van der Waals surface area (Å²) >= 11 is 0. The number of anilines is 1. The second kappa shape index (κ2) is 5.59. The minimum atomic E-state index is -0.968. The van der Waals surface area contributed by atoms with Crippen LogP contribution in [0.1, 0.15) is 5.56 Å². The van der Waals surface area contributed by atoms with Crippen molar-refractivity contribution in [3.05, 3.63) is 47.5 Å². The summed E-state index contributed by atoms with van der Waals surface area (Å²) in [6, 6.07) is 7.10. The predicted octanol–water partition coefficient (Wildman–Crippen LogP) is 1.93. The molecule has 0 unspecified atom stereocenters. The standard InChI is InChI=1S/C12H11F2N3O2/c13-8-5-9(14)12(16-11(8)17-15)19-10-4-2-1-3-7(10)6-18/h1-5,18H,6,15H2,(H,16,17). The molecule has 0 saturated heterocycles. The van der Waals surface area contributed by atoms with Gasteiger partial charge in [-0.3, -0.25) is 0 Å². The van der Waals surface area contributed by atoms with Crippen molar-refractivity contribution in [2.24, 2.45) is 5.84 Å². The second-order valence-corrected chi connectivity index (χ2v) is 3.62. The van der Waals surface area contributed by atoms with E-state index >= 15 is 0 Å². The summed E-state index contributed by atoms with van der Waals surface area (Å²) < 4.78 is 31.9. The Balaban J connectivity index is 2.38. The van der Waals surface area contributed by atoms with Gasteiger partial charge >= 0.3 is 0 Å². The quantitative estimate of drug-likeness (QED) is 0.582. The van der Waals surface area contributed by atoms with E-state index in [9.17, 15) is 8.78 Å². The van der Waals surface area contributed by atoms with Crippen LogP contribution in [0.15, 0.2) is 30.3 Å². The number of hydrogen-bond acceptors (Lipinski definition) is 5. The molecule has 0 saturated carbocycles. The minimum absolute atomic E-state index is 0.228. The number of aromatic nitrogens is 1. The summed E-state index contributed by atoms with van der Waals surface area (Å²) in [5, 5.41) is 9.12. The van der Waals surface area contributed by atoms with Crippen molar-refractivity contribution in [3.63, 3.8) is 0 Å². The van der Waals surface area contributed by atoms with E-state index in [0.717, 1.165) is 0 Å². The zero-order chi connectivity index (χ0) is 13.8. The molecule has 0 aliphatic rings. The van der Waals surface area contributed by atoms with Gasteiger partial charge < -0.3 is 15.3 Å². The third-order valence-electron chi connectivity index (χ3n) is 2.38. The number of benzene rings is 1. The summed E-state index contributed by atoms with van der Waals surface area (Å²) in [4.78, 5) is 3.57. The highest BCUT2D eigenvalue weighted by Crippen LogP contribution is 2.28. The number of rotatable bonds is 4. The predicted molar refractivity (Wildman–Crippen MR) is 64.4 cm³/mol. The molecule has 5 nitrogen and oxygen atoms in total. The Kier molecular flexibility index (Phi) is 3.88. The van der Waals surface area contributed by atoms with E-state index < -0.39 is 17.5 Å². The van der Waals surface area contributed by atoms with Crippen LogP contribution in [0.4, 0.5) is 14.6 Å². The number of aliphatic hydroxyl groups is 1. The summed E-state index contributed by atoms with van der Waals surface area (Å²) in [6.07, 6.45) is 0. The fourth-order valence-electron chi connectivity index (χ4n) is 1.46. The van der Waals surface area contributed by atoms with Gasteiger partial charge in [-0.25, -0.2) is 14.6 Å². The molecule has 0 bridgehead atoms. The van der Waals surface area contributed by atoms with Crippen LogP contribution in [0, 0.1) is 11.6 Å². The first-order valence-electron chi connectivity index (χ1n) is 5.35. The molecule has 1 aromatic heterocycles. The maximum absolute atomic E-state index is 13.5. The zero-order valence-electron chi connectivity index (χ0n) is 9.73. The molecule has 7 heteroatoms. The van der Waals surface area contributed by atoms with Crippen molar-refractivity contribution in [2.75, 3.05) is 5.43 Å². The normalized spacial score (nSPS) is 10.3. The molecule has 1 heterocycles. The molecule has 1 aromatic carbocycles. The molecule has 0 aliphatic heterocycles. The highest BCUT2D eigenvalue weighted by Gasteiger charge is 2.14. The number of nitrogens with two attached hydrogens (primary N) is 1. The van der Waals surface area contributed by atoms with Gasteiger partial charge in [-0.2, -0.15) is 4.98 Å². The van der Waals surface area contributed by atoms with Gasteiger partial charge in [-0.15, -0.1) is 0 Å². The van der Waals surface area contributed by atoms with Crippen molar-refractivity contribution in [2.45, 2.75) is 6.61 Å². The third kappa shape index (κ3) is 2.78. The van der Waals surface area contributed by atoms with E-state index in [-0.39, 0.29) is 18.2 Å². The number of nitrogens with one attached hydrogen (secondary N) is 1. The number of halogens is 2. The van der Waals surface area contributed by atoms with Gasteiger partial charge in [0.1, 0.15) is 5.75 Å². The van der Waals surface area contributed by atoms with Crippen LogP contribution in [0.25, 0.3) is 0 Å². The van der Waals surface area contributed by atoms with Gasteiger partial charge in [0.05, 0.1) is 6.61 Å². The number of pyridine rings is 1. The molecule has 0 radical (unpaired) electrons. The summed E-state index contributed by atoms with van der Waals surface area (Å²) in [5.74, 6) is 2.61. The molecular formula is C12H11F2N3O2. The van der Waals surface area contributed by atoms with Gasteiger partial charge in [-0.05, 0) is 6.07 Å². The van der Waals surface area contributed by atoms with E-state index in [0.29, 0.717) is 11.6 Å². The van der Waals surface area contributed by atoms with E-state index in [1.54, 1.807) is 18.2 Å². The molecule has 4 N–H and O–H groups in total. The van der Waals surface area contributed by atoms with Crippen molar-refractivity contribution in [1.29, 1.82) is 0 Å². The molecule has 2 aromatic rings. The van der Waals surface area contributed by atoms with Crippen LogP contribution in [0.3, 0.4) is 0 Å². The molecular weight excluding hydrogens is 256 g/mol. The summed E-state index contributed by atoms with van der Waals surface area (Å²) in [6.45, 7) is -0.277. The Morgan fingerprint density at radius 2 is 2.00 bits per heavy atom. The SMILES string of the molecule is NNc1nc(Oc2ccccc2CO)c(F)cc1F. The second-order valence-electron chi connectivity index (χ2n) is 3.62. The van der Waals surface area contributed by atoms with Crippen molar-refractivity contribution in [1.82, 2.24) is 4.98 Å². The highest BCUT2D eigenvalue weighted by molar-refractivity contribution is 5.41. The number of hydrazine groups is 1. The number of nitrogen functional groups attached to an aromatic ring is 1. The Bertz CT molecular complexity index is 593. The number of para-hydroxylation sites is 1. The van der Waals surface area contributed by atoms with Gasteiger partial charge in [-0.1, -0.05) is 18.2 Å². The fraction of sp³-hybridized carbons (Fsp3) is 0.0833. The van der Waals surface area contributed by atoms with E-state index in [2.05, 4.69) is 4.98 Å². The average Bonchev–Trinajstić information content (AvgIpc) is 2.42. The third-order valence-corrected chi connectivity index (χ3v) is 2.38. The van der Waals surface area contributed by atoms with Gasteiger partial charge in [0.25, 0.3) is 5.88 Å². The smallest absolute Gasteiger partial charge is 0.258 e. The minimum Gasteiger partial charge on any atom is -0.436 e. The number of nitrogens with zero attached hydrogens (tertiary/aromatic N) is 1. The first-order chi connectivity index (χ1) is 9.15. The molecule has 0 atom stereocenters. The van der Waals surface area contributed by atoms with Crippen LogP contribution in [-0.4, -0.2) is 10.1 Å². The van der Waals surface area contributed by atoms with Crippen LogP contribution in [0.5, 0.6) is 11.6 Å². The molecule has 100 valence electrons. The van der Waals surface area contributed by atoms with Crippen LogP contribution < -0.4 is 16.0 Å². The Morgan fingerprint density at radius 1 is 1.26 bits per heavy atom. The first-order valence-corrected chi connectivity index (χ1v) is 5.35. The Hall–Kier alpha value is -2.25. The molecule has 0 aliphatic carbocycles. The summed E-state index contributed by atoms with van der Waals surface area (Å²) in [7, 11) is 0. The number of ether oxygens (including phenoxy) is 1. The average molecular weight is 267 g/mol. The number of hydrogen-bond donors (Lipinski definition) is 3. The monoisotopic (exact) mass is 267 g/mol. The summed E-state index contributed by atoms with van der Waals surface area (Å²) in [5.41, 5.74) is 2.45. The van der Waals surface area contributed by atoms with Crippen molar-refractivity contribution < 1.29 is 18.6 Å². The number of aliphatic hydroxyl groups excluding tert-OH is 1. The lowest BCUT2D eigenvalue weighted by molar-refractivity contribution is 0.275. The van der Waals surface area contributed by atoms with Crippen LogP contribution in [-0.2, 0) is 6.61 Å². The van der Waals surface area contributed by atoms with E-state index in [1.807, 2.05) is 5.43 Å². The topological polar surface area (TPSA) is 80.4 Å². The van der Waals surface area contributed by atoms with E-state index in [1.165, 1.54) is 6.07 Å². The maximum Gasteiger partial charge on any atom is 0.258 e. The van der Waals surface area contributed by atoms with Crippen LogP contribution in [0.2, 0.25) is 0 Å². The molecule has 0 spiro atoms. The Morgan fingerprint density at radius 3 is 2.68 bits per heavy atom. The maximum atomic E-state index is 13.5. The first kappa shape index (κ1) is 13.2. The van der Waals surface area contributed by atoms with Gasteiger partial charge in [0.15, 0.2) is 17.5 Å². The molecule has 0 fully saturated rings. The molecule has 2 rings (SSSR count). The molecule has 0 amide bonds. The largest absolute Gasteiger partial charge is 0.436 e. The molecule has 19 heavy (non-hydrogen) atoms. The van der Waals surface area contributed by atoms with Crippen LogP contribution >= 0.6 is 0 Å².